The molecule has 2 aromatic rings. The molecule has 3 rings (SSSR count). The lowest BCUT2D eigenvalue weighted by molar-refractivity contribution is -0.917. The van der Waals surface area contributed by atoms with Crippen LogP contribution < -0.4 is 9.64 Å². The summed E-state index contributed by atoms with van der Waals surface area (Å²) < 4.78 is 5.78. The van der Waals surface area contributed by atoms with E-state index in [2.05, 4.69) is 37.3 Å². The summed E-state index contributed by atoms with van der Waals surface area (Å²) in [4.78, 5) is 16.3. The van der Waals surface area contributed by atoms with Crippen molar-refractivity contribution in [2.75, 3.05) is 32.8 Å². The second-order valence-electron chi connectivity index (χ2n) is 7.64. The fraction of sp³-hybridized carbons (Fsp3) is 0.458. The summed E-state index contributed by atoms with van der Waals surface area (Å²) in [5.74, 6) is 0.985. The number of hydrogen-bond acceptors (Lipinski definition) is 2. The van der Waals surface area contributed by atoms with Crippen molar-refractivity contribution in [1.29, 1.82) is 0 Å². The Kier molecular flexibility index (Phi) is 7.92. The summed E-state index contributed by atoms with van der Waals surface area (Å²) in [5.41, 5.74) is 2.12. The zero-order valence-electron chi connectivity index (χ0n) is 17.0. The molecule has 1 aliphatic rings. The molecule has 1 saturated heterocycles. The highest BCUT2D eigenvalue weighted by Gasteiger charge is 2.24. The maximum Gasteiger partial charge on any atom is 0.254 e. The van der Waals surface area contributed by atoms with E-state index < -0.39 is 0 Å². The van der Waals surface area contributed by atoms with Gasteiger partial charge in [0.2, 0.25) is 0 Å². The molecule has 4 heteroatoms. The van der Waals surface area contributed by atoms with E-state index in [9.17, 15) is 4.79 Å². The maximum atomic E-state index is 12.8. The summed E-state index contributed by atoms with van der Waals surface area (Å²) in [6.45, 7) is 7.63. The number of nitrogens with one attached hydrogen (secondary N) is 1. The van der Waals surface area contributed by atoms with Gasteiger partial charge in [0.15, 0.2) is 0 Å². The zero-order valence-corrected chi connectivity index (χ0v) is 17.0. The molecular weight excluding hydrogens is 348 g/mol. The summed E-state index contributed by atoms with van der Waals surface area (Å²) in [6, 6.07) is 18.2. The monoisotopic (exact) mass is 381 g/mol. The molecule has 150 valence electrons. The highest BCUT2D eigenvalue weighted by molar-refractivity contribution is 5.94. The number of unbranched alkanes of at least 4 members (excludes halogenated alkanes) is 3. The Bertz CT molecular complexity index is 707. The molecule has 1 fully saturated rings. The number of quaternary nitrogens is 1. The van der Waals surface area contributed by atoms with Crippen molar-refractivity contribution in [2.24, 2.45) is 0 Å². The first-order chi connectivity index (χ1) is 13.8. The molecule has 0 spiro atoms. The Morgan fingerprint density at radius 3 is 2.36 bits per heavy atom. The molecule has 1 amide bonds. The number of nitrogens with zero attached hydrogens (tertiary/aromatic N) is 1. The molecular formula is C24H33N2O2+. The molecule has 0 unspecified atom stereocenters. The minimum Gasteiger partial charge on any atom is -0.494 e. The topological polar surface area (TPSA) is 34.0 Å². The molecule has 2 aromatic carbocycles. The van der Waals surface area contributed by atoms with Crippen molar-refractivity contribution in [2.45, 2.75) is 39.2 Å². The molecule has 0 atom stereocenters. The van der Waals surface area contributed by atoms with Gasteiger partial charge in [-0.2, -0.15) is 0 Å². The van der Waals surface area contributed by atoms with Gasteiger partial charge in [-0.1, -0.05) is 56.5 Å². The van der Waals surface area contributed by atoms with Gasteiger partial charge in [0, 0.05) is 11.1 Å². The highest BCUT2D eigenvalue weighted by atomic mass is 16.5. The van der Waals surface area contributed by atoms with Crippen molar-refractivity contribution in [3.8, 4) is 5.75 Å². The van der Waals surface area contributed by atoms with Crippen LogP contribution in [-0.4, -0.2) is 43.6 Å². The first kappa shape index (κ1) is 20.4. The first-order valence-corrected chi connectivity index (χ1v) is 10.7. The van der Waals surface area contributed by atoms with Crippen LogP contribution in [0.1, 0.15) is 48.5 Å². The highest BCUT2D eigenvalue weighted by Crippen LogP contribution is 2.15. The Morgan fingerprint density at radius 2 is 1.68 bits per heavy atom. The number of carbonyl (C=O) groups excluding carboxylic acids is 1. The Labute approximate surface area is 169 Å². The Morgan fingerprint density at radius 1 is 0.964 bits per heavy atom. The predicted molar refractivity (Wildman–Crippen MR) is 113 cm³/mol. The van der Waals surface area contributed by atoms with Crippen LogP contribution in [-0.2, 0) is 6.54 Å². The Balaban J connectivity index is 1.43. The van der Waals surface area contributed by atoms with E-state index in [1.54, 1.807) is 4.90 Å². The number of hydrogen-bond donors (Lipinski definition) is 1. The van der Waals surface area contributed by atoms with Crippen molar-refractivity contribution >= 4 is 5.91 Å². The van der Waals surface area contributed by atoms with Crippen LogP contribution in [0.2, 0.25) is 0 Å². The molecule has 4 nitrogen and oxygen atoms in total. The van der Waals surface area contributed by atoms with Crippen molar-refractivity contribution in [3.63, 3.8) is 0 Å². The number of amides is 1. The van der Waals surface area contributed by atoms with Crippen LogP contribution in [0.25, 0.3) is 0 Å². The molecule has 1 heterocycles. The molecule has 0 aliphatic carbocycles. The molecule has 28 heavy (non-hydrogen) atoms. The molecule has 0 radical (unpaired) electrons. The maximum absolute atomic E-state index is 12.8. The lowest BCUT2D eigenvalue weighted by Crippen LogP contribution is -3.13. The van der Waals surface area contributed by atoms with Gasteiger partial charge in [-0.25, -0.2) is 0 Å². The van der Waals surface area contributed by atoms with Crippen molar-refractivity contribution in [1.82, 2.24) is 4.90 Å². The lowest BCUT2D eigenvalue weighted by Gasteiger charge is -2.32. The van der Waals surface area contributed by atoms with E-state index in [0.717, 1.165) is 57.1 Å². The number of ether oxygens (including phenoxy) is 1. The number of carbonyl (C=O) groups is 1. The van der Waals surface area contributed by atoms with Crippen molar-refractivity contribution in [3.05, 3.63) is 65.7 Å². The summed E-state index contributed by atoms with van der Waals surface area (Å²) in [5, 5.41) is 0. The van der Waals surface area contributed by atoms with Crippen LogP contribution in [0, 0.1) is 0 Å². The predicted octanol–water partition coefficient (Wildman–Crippen LogP) is 3.19. The normalized spacial score (nSPS) is 14.8. The van der Waals surface area contributed by atoms with Crippen LogP contribution in [0.5, 0.6) is 5.75 Å². The van der Waals surface area contributed by atoms with Gasteiger partial charge >= 0.3 is 0 Å². The van der Waals surface area contributed by atoms with E-state index in [0.29, 0.717) is 0 Å². The van der Waals surface area contributed by atoms with Gasteiger partial charge in [0.25, 0.3) is 5.91 Å². The molecule has 0 bridgehead atoms. The van der Waals surface area contributed by atoms with E-state index in [4.69, 9.17) is 4.74 Å². The number of piperazine rings is 1. The van der Waals surface area contributed by atoms with Crippen LogP contribution >= 0.6 is 0 Å². The zero-order chi connectivity index (χ0) is 19.6. The number of rotatable bonds is 9. The standard InChI is InChI=1S/C24H32N2O2/c1-2-3-4-8-19-28-23-13-11-22(12-14-23)24(27)26-17-15-25(16-18-26)20-21-9-6-5-7-10-21/h5-7,9-14H,2-4,8,15-20H2,1H3/p+1. The quantitative estimate of drug-likeness (QED) is 0.677. The van der Waals surface area contributed by atoms with Gasteiger partial charge in [-0.15, -0.1) is 0 Å². The van der Waals surface area contributed by atoms with Gasteiger partial charge in [-0.05, 0) is 30.7 Å². The smallest absolute Gasteiger partial charge is 0.254 e. The largest absolute Gasteiger partial charge is 0.494 e. The average Bonchev–Trinajstić information content (AvgIpc) is 2.75. The minimum absolute atomic E-state index is 0.133. The van der Waals surface area contributed by atoms with Gasteiger partial charge in [-0.3, -0.25) is 4.79 Å². The average molecular weight is 382 g/mol. The summed E-state index contributed by atoms with van der Waals surface area (Å²) in [6.07, 6.45) is 4.80. The fourth-order valence-electron chi connectivity index (χ4n) is 3.68. The molecule has 0 saturated carbocycles. The van der Waals surface area contributed by atoms with Gasteiger partial charge in [0.1, 0.15) is 12.3 Å². The third-order valence-corrected chi connectivity index (χ3v) is 5.42. The lowest BCUT2D eigenvalue weighted by atomic mass is 10.1. The Hall–Kier alpha value is -2.33. The summed E-state index contributed by atoms with van der Waals surface area (Å²) >= 11 is 0. The van der Waals surface area contributed by atoms with Crippen molar-refractivity contribution < 1.29 is 14.4 Å². The van der Waals surface area contributed by atoms with E-state index in [1.807, 2.05) is 29.2 Å². The van der Waals surface area contributed by atoms with Gasteiger partial charge in [0.05, 0.1) is 32.8 Å². The summed E-state index contributed by atoms with van der Waals surface area (Å²) in [7, 11) is 0. The van der Waals surface area contributed by atoms with E-state index in [1.165, 1.54) is 24.8 Å². The minimum atomic E-state index is 0.133. The van der Waals surface area contributed by atoms with E-state index in [-0.39, 0.29) is 5.91 Å². The molecule has 1 aliphatic heterocycles. The van der Waals surface area contributed by atoms with Crippen LogP contribution in [0.4, 0.5) is 0 Å². The van der Waals surface area contributed by atoms with Crippen LogP contribution in [0.15, 0.2) is 54.6 Å². The van der Waals surface area contributed by atoms with Crippen LogP contribution in [0.3, 0.4) is 0 Å². The third kappa shape index (κ3) is 6.10. The fourth-order valence-corrected chi connectivity index (χ4v) is 3.68. The third-order valence-electron chi connectivity index (χ3n) is 5.42. The second kappa shape index (κ2) is 10.9. The number of benzene rings is 2. The molecule has 0 aromatic heterocycles. The molecule has 1 N–H and O–H groups in total. The second-order valence-corrected chi connectivity index (χ2v) is 7.64. The van der Waals surface area contributed by atoms with Gasteiger partial charge < -0.3 is 14.5 Å². The first-order valence-electron chi connectivity index (χ1n) is 10.7. The van der Waals surface area contributed by atoms with E-state index >= 15 is 0 Å². The SMILES string of the molecule is CCCCCCOc1ccc(C(=O)N2CC[NH+](Cc3ccccc3)CC2)cc1.